The molecule has 0 aliphatic carbocycles. The smallest absolute Gasteiger partial charge is 0.118 e. The van der Waals surface area contributed by atoms with E-state index in [9.17, 15) is 0 Å². The Morgan fingerprint density at radius 2 is 2.00 bits per heavy atom. The quantitative estimate of drug-likeness (QED) is 0.748. The van der Waals surface area contributed by atoms with Crippen LogP contribution in [-0.2, 0) is 17.8 Å². The summed E-state index contributed by atoms with van der Waals surface area (Å²) in [6.07, 6.45) is 4.71. The zero-order chi connectivity index (χ0) is 15.9. The molecule has 0 atom stereocenters. The zero-order valence-electron chi connectivity index (χ0n) is 13.9. The Balaban J connectivity index is 1.51. The monoisotopic (exact) mass is 318 g/mol. The maximum Gasteiger partial charge on any atom is 0.118 e. The third-order valence-electron chi connectivity index (χ3n) is 4.21. The standard InChI is InChI=1S/C18H26N2O3/c1-16-3-4-18(23-16)14-20(13-17-5-10-22-15-17)7-2-6-19-8-11-21-12-9-19/h3-5,10,15H,2,6-9,11-14H2,1H3. The van der Waals surface area contributed by atoms with Gasteiger partial charge >= 0.3 is 0 Å². The number of morpholine rings is 1. The molecular formula is C18H26N2O3. The van der Waals surface area contributed by atoms with E-state index in [4.69, 9.17) is 13.6 Å². The number of hydrogen-bond donors (Lipinski definition) is 0. The largest absolute Gasteiger partial charge is 0.472 e. The van der Waals surface area contributed by atoms with Gasteiger partial charge in [0.1, 0.15) is 11.5 Å². The van der Waals surface area contributed by atoms with Crippen molar-refractivity contribution < 1.29 is 13.6 Å². The van der Waals surface area contributed by atoms with Crippen molar-refractivity contribution in [2.75, 3.05) is 39.4 Å². The Kier molecular flexibility index (Phi) is 5.91. The van der Waals surface area contributed by atoms with E-state index in [0.717, 1.165) is 70.4 Å². The SMILES string of the molecule is Cc1ccc(CN(CCCN2CCOCC2)Cc2ccoc2)o1. The minimum absolute atomic E-state index is 0.835. The molecule has 1 fully saturated rings. The van der Waals surface area contributed by atoms with Crippen LogP contribution in [0.15, 0.2) is 39.6 Å². The maximum absolute atomic E-state index is 5.74. The molecule has 0 saturated carbocycles. The van der Waals surface area contributed by atoms with E-state index in [2.05, 4.69) is 15.9 Å². The first-order valence-corrected chi connectivity index (χ1v) is 8.38. The molecule has 0 N–H and O–H groups in total. The molecule has 1 aliphatic rings. The fourth-order valence-corrected chi connectivity index (χ4v) is 2.99. The van der Waals surface area contributed by atoms with Gasteiger partial charge in [0.2, 0.25) is 0 Å². The van der Waals surface area contributed by atoms with Crippen LogP contribution in [0.25, 0.3) is 0 Å². The molecule has 2 aromatic rings. The predicted octanol–water partition coefficient (Wildman–Crippen LogP) is 2.91. The minimum Gasteiger partial charge on any atom is -0.472 e. The van der Waals surface area contributed by atoms with E-state index >= 15 is 0 Å². The van der Waals surface area contributed by atoms with Crippen molar-refractivity contribution in [1.29, 1.82) is 0 Å². The Morgan fingerprint density at radius 1 is 1.13 bits per heavy atom. The summed E-state index contributed by atoms with van der Waals surface area (Å²) in [5.74, 6) is 1.99. The van der Waals surface area contributed by atoms with Gasteiger partial charge in [-0.25, -0.2) is 0 Å². The van der Waals surface area contributed by atoms with Crippen LogP contribution in [0.5, 0.6) is 0 Å². The van der Waals surface area contributed by atoms with Crippen LogP contribution in [-0.4, -0.2) is 49.2 Å². The first kappa shape index (κ1) is 16.3. The maximum atomic E-state index is 5.74. The Hall–Kier alpha value is -1.56. The summed E-state index contributed by atoms with van der Waals surface area (Å²) >= 11 is 0. The van der Waals surface area contributed by atoms with Crippen molar-refractivity contribution in [3.8, 4) is 0 Å². The first-order valence-electron chi connectivity index (χ1n) is 8.38. The van der Waals surface area contributed by atoms with Crippen molar-refractivity contribution >= 4 is 0 Å². The van der Waals surface area contributed by atoms with Gasteiger partial charge in [-0.2, -0.15) is 0 Å². The Bertz CT molecular complexity index is 559. The molecule has 23 heavy (non-hydrogen) atoms. The van der Waals surface area contributed by atoms with Crippen LogP contribution in [0.1, 0.15) is 23.5 Å². The second-order valence-electron chi connectivity index (χ2n) is 6.16. The third kappa shape index (κ3) is 5.23. The number of aryl methyl sites for hydroxylation is 1. The summed E-state index contributed by atoms with van der Waals surface area (Å²) in [4.78, 5) is 4.90. The zero-order valence-corrected chi connectivity index (χ0v) is 13.9. The molecule has 1 saturated heterocycles. The van der Waals surface area contributed by atoms with Gasteiger partial charge in [-0.3, -0.25) is 9.80 Å². The number of nitrogens with zero attached hydrogens (tertiary/aromatic N) is 2. The van der Waals surface area contributed by atoms with E-state index in [1.807, 2.05) is 25.3 Å². The average Bonchev–Trinajstić information content (AvgIpc) is 3.20. The molecule has 126 valence electrons. The second-order valence-corrected chi connectivity index (χ2v) is 6.16. The van der Waals surface area contributed by atoms with Crippen LogP contribution < -0.4 is 0 Å². The highest BCUT2D eigenvalue weighted by molar-refractivity contribution is 5.08. The van der Waals surface area contributed by atoms with Gasteiger partial charge in [-0.1, -0.05) is 0 Å². The van der Waals surface area contributed by atoms with Gasteiger partial charge in [0.15, 0.2) is 0 Å². The van der Waals surface area contributed by atoms with Crippen molar-refractivity contribution in [2.24, 2.45) is 0 Å². The van der Waals surface area contributed by atoms with Gasteiger partial charge in [-0.05, 0) is 38.1 Å². The molecule has 0 spiro atoms. The molecule has 0 bridgehead atoms. The van der Waals surface area contributed by atoms with E-state index in [1.165, 1.54) is 5.56 Å². The van der Waals surface area contributed by atoms with Crippen molar-refractivity contribution in [2.45, 2.75) is 26.4 Å². The van der Waals surface area contributed by atoms with E-state index < -0.39 is 0 Å². The Labute approximate surface area is 137 Å². The Morgan fingerprint density at radius 3 is 2.70 bits per heavy atom. The molecule has 5 heteroatoms. The molecular weight excluding hydrogens is 292 g/mol. The lowest BCUT2D eigenvalue weighted by Gasteiger charge is -2.28. The van der Waals surface area contributed by atoms with Gasteiger partial charge in [0.05, 0.1) is 32.3 Å². The average molecular weight is 318 g/mol. The third-order valence-corrected chi connectivity index (χ3v) is 4.21. The number of hydrogen-bond acceptors (Lipinski definition) is 5. The van der Waals surface area contributed by atoms with Crippen molar-refractivity contribution in [3.05, 3.63) is 47.8 Å². The van der Waals surface area contributed by atoms with Gasteiger partial charge in [0.25, 0.3) is 0 Å². The van der Waals surface area contributed by atoms with Crippen LogP contribution in [0.4, 0.5) is 0 Å². The van der Waals surface area contributed by atoms with Gasteiger partial charge in [-0.15, -0.1) is 0 Å². The summed E-state index contributed by atoms with van der Waals surface area (Å²) < 4.78 is 16.3. The minimum atomic E-state index is 0.835. The summed E-state index contributed by atoms with van der Waals surface area (Å²) in [5.41, 5.74) is 1.21. The summed E-state index contributed by atoms with van der Waals surface area (Å²) in [6, 6.07) is 6.13. The normalized spacial score (nSPS) is 16.3. The highest BCUT2D eigenvalue weighted by Crippen LogP contribution is 2.14. The lowest BCUT2D eigenvalue weighted by Crippen LogP contribution is -2.38. The van der Waals surface area contributed by atoms with Crippen LogP contribution in [0.2, 0.25) is 0 Å². The lowest BCUT2D eigenvalue weighted by atomic mass is 10.2. The van der Waals surface area contributed by atoms with E-state index in [-0.39, 0.29) is 0 Å². The highest BCUT2D eigenvalue weighted by atomic mass is 16.5. The number of furan rings is 2. The molecule has 0 amide bonds. The fraction of sp³-hybridized carbons (Fsp3) is 0.556. The molecule has 3 heterocycles. The van der Waals surface area contributed by atoms with Crippen LogP contribution in [0.3, 0.4) is 0 Å². The molecule has 2 aromatic heterocycles. The van der Waals surface area contributed by atoms with Gasteiger partial charge in [0, 0.05) is 31.7 Å². The lowest BCUT2D eigenvalue weighted by molar-refractivity contribution is 0.0358. The van der Waals surface area contributed by atoms with Gasteiger partial charge < -0.3 is 13.6 Å². The summed E-state index contributed by atoms with van der Waals surface area (Å²) in [5, 5.41) is 0. The molecule has 0 radical (unpaired) electrons. The van der Waals surface area contributed by atoms with E-state index in [1.54, 1.807) is 6.26 Å². The predicted molar refractivity (Wildman–Crippen MR) is 88.1 cm³/mol. The fourth-order valence-electron chi connectivity index (χ4n) is 2.99. The molecule has 1 aliphatic heterocycles. The number of rotatable bonds is 8. The molecule has 0 aromatic carbocycles. The summed E-state index contributed by atoms with van der Waals surface area (Å²) in [7, 11) is 0. The van der Waals surface area contributed by atoms with Crippen molar-refractivity contribution in [3.63, 3.8) is 0 Å². The highest BCUT2D eigenvalue weighted by Gasteiger charge is 2.13. The second kappa shape index (κ2) is 8.34. The topological polar surface area (TPSA) is 42.0 Å². The van der Waals surface area contributed by atoms with Crippen LogP contribution in [0, 0.1) is 6.92 Å². The molecule has 3 rings (SSSR count). The van der Waals surface area contributed by atoms with E-state index in [0.29, 0.717) is 0 Å². The van der Waals surface area contributed by atoms with Crippen molar-refractivity contribution in [1.82, 2.24) is 9.80 Å². The molecule has 5 nitrogen and oxygen atoms in total. The summed E-state index contributed by atoms with van der Waals surface area (Å²) in [6.45, 7) is 9.72. The number of ether oxygens (including phenoxy) is 1. The molecule has 0 unspecified atom stereocenters. The van der Waals surface area contributed by atoms with Crippen LogP contribution >= 0.6 is 0 Å². The first-order chi connectivity index (χ1) is 11.3.